The Labute approximate surface area is 83.4 Å². The van der Waals surface area contributed by atoms with Gasteiger partial charge in [0.2, 0.25) is 0 Å². The lowest BCUT2D eigenvalue weighted by Crippen LogP contribution is -2.22. The van der Waals surface area contributed by atoms with Crippen molar-refractivity contribution in [3.05, 3.63) is 29.3 Å². The van der Waals surface area contributed by atoms with E-state index in [4.69, 9.17) is 5.11 Å². The number of aliphatic hydroxyl groups excluding tert-OH is 1. The molecular weight excluding hydrogens is 178 g/mol. The van der Waals surface area contributed by atoms with E-state index in [1.807, 2.05) is 12.1 Å². The number of nitrogens with one attached hydrogen (secondary N) is 1. The maximum Gasteiger partial charge on any atom is 0.119 e. The minimum absolute atomic E-state index is 0.157. The van der Waals surface area contributed by atoms with Crippen LogP contribution in [-0.4, -0.2) is 23.4 Å². The molecule has 3 heteroatoms. The van der Waals surface area contributed by atoms with Gasteiger partial charge in [-0.05, 0) is 30.0 Å². The summed E-state index contributed by atoms with van der Waals surface area (Å²) in [6.07, 6.45) is 1.93. The number of phenols is 1. The van der Waals surface area contributed by atoms with E-state index in [-0.39, 0.29) is 6.61 Å². The lowest BCUT2D eigenvalue weighted by Gasteiger charge is -2.12. The number of hydrogen-bond donors (Lipinski definition) is 3. The minimum Gasteiger partial charge on any atom is -0.508 e. The van der Waals surface area contributed by atoms with E-state index in [1.165, 1.54) is 5.56 Å². The topological polar surface area (TPSA) is 52.5 Å². The van der Waals surface area contributed by atoms with Gasteiger partial charge in [-0.25, -0.2) is 0 Å². The molecule has 3 N–H and O–H groups in total. The number of benzene rings is 1. The largest absolute Gasteiger partial charge is 0.508 e. The van der Waals surface area contributed by atoms with Crippen LogP contribution >= 0.6 is 0 Å². The molecule has 1 aromatic rings. The van der Waals surface area contributed by atoms with Crippen molar-refractivity contribution in [3.8, 4) is 5.75 Å². The molecule has 0 fully saturated rings. The molecule has 14 heavy (non-hydrogen) atoms. The zero-order chi connectivity index (χ0) is 9.97. The van der Waals surface area contributed by atoms with E-state index in [9.17, 15) is 5.11 Å². The summed E-state index contributed by atoms with van der Waals surface area (Å²) in [5.41, 5.74) is 2.24. The van der Waals surface area contributed by atoms with Crippen molar-refractivity contribution in [3.63, 3.8) is 0 Å². The van der Waals surface area contributed by atoms with Crippen LogP contribution in [-0.2, 0) is 6.42 Å². The average molecular weight is 193 g/mol. The summed E-state index contributed by atoms with van der Waals surface area (Å²) >= 11 is 0. The fourth-order valence-electron chi connectivity index (χ4n) is 2.09. The van der Waals surface area contributed by atoms with Gasteiger partial charge in [0, 0.05) is 12.6 Å². The Morgan fingerprint density at radius 1 is 1.43 bits per heavy atom. The Morgan fingerprint density at radius 2 is 2.29 bits per heavy atom. The van der Waals surface area contributed by atoms with Crippen LogP contribution in [0.4, 0.5) is 0 Å². The maximum absolute atomic E-state index is 9.60. The number of hydrogen-bond acceptors (Lipinski definition) is 3. The van der Waals surface area contributed by atoms with Gasteiger partial charge in [-0.2, -0.15) is 0 Å². The Bertz CT molecular complexity index is 325. The van der Waals surface area contributed by atoms with Crippen LogP contribution in [0.5, 0.6) is 5.75 Å². The third kappa shape index (κ3) is 1.61. The Balaban J connectivity index is 2.18. The zero-order valence-electron chi connectivity index (χ0n) is 8.03. The summed E-state index contributed by atoms with van der Waals surface area (Å²) in [6.45, 7) is 0.768. The summed E-state index contributed by atoms with van der Waals surface area (Å²) in [6, 6.07) is 5.93. The normalized spacial score (nSPS) is 19.6. The zero-order valence-corrected chi connectivity index (χ0v) is 8.03. The molecule has 1 unspecified atom stereocenters. The summed E-state index contributed by atoms with van der Waals surface area (Å²) in [4.78, 5) is 0. The first kappa shape index (κ1) is 9.49. The van der Waals surface area contributed by atoms with Crippen molar-refractivity contribution in [2.75, 3.05) is 13.2 Å². The molecule has 0 aromatic heterocycles. The van der Waals surface area contributed by atoms with E-state index in [0.29, 0.717) is 18.3 Å². The molecule has 0 spiro atoms. The van der Waals surface area contributed by atoms with Crippen LogP contribution < -0.4 is 5.32 Å². The fraction of sp³-hybridized carbons (Fsp3) is 0.455. The van der Waals surface area contributed by atoms with Gasteiger partial charge in [0.05, 0.1) is 6.61 Å². The van der Waals surface area contributed by atoms with Gasteiger partial charge < -0.3 is 15.5 Å². The third-order valence-corrected chi connectivity index (χ3v) is 2.75. The van der Waals surface area contributed by atoms with Crippen LogP contribution in [0.1, 0.15) is 23.6 Å². The summed E-state index contributed by atoms with van der Waals surface area (Å²) in [5.74, 6) is 0.399. The van der Waals surface area contributed by atoms with Crippen LogP contribution in [0.2, 0.25) is 0 Å². The van der Waals surface area contributed by atoms with Gasteiger partial charge >= 0.3 is 0 Å². The van der Waals surface area contributed by atoms with Crippen LogP contribution in [0.3, 0.4) is 0 Å². The molecule has 1 aliphatic rings. The fourth-order valence-corrected chi connectivity index (χ4v) is 2.09. The van der Waals surface area contributed by atoms with Gasteiger partial charge in [-0.15, -0.1) is 0 Å². The number of fused-ring (bicyclic) bond motifs is 1. The van der Waals surface area contributed by atoms with E-state index in [2.05, 4.69) is 5.32 Å². The molecule has 0 saturated carbocycles. The highest BCUT2D eigenvalue weighted by atomic mass is 16.3. The second-order valence-corrected chi connectivity index (χ2v) is 3.61. The van der Waals surface area contributed by atoms with Crippen molar-refractivity contribution in [1.29, 1.82) is 0 Å². The molecule has 0 aliphatic heterocycles. The highest BCUT2D eigenvalue weighted by Crippen LogP contribution is 2.35. The summed E-state index contributed by atoms with van der Waals surface area (Å²) in [5, 5.41) is 21.6. The van der Waals surface area contributed by atoms with Crippen molar-refractivity contribution in [2.24, 2.45) is 0 Å². The van der Waals surface area contributed by atoms with E-state index >= 15 is 0 Å². The predicted octanol–water partition coefficient (Wildman–Crippen LogP) is 0.961. The first-order valence-electron chi connectivity index (χ1n) is 4.98. The van der Waals surface area contributed by atoms with E-state index < -0.39 is 0 Å². The number of aromatic hydroxyl groups is 1. The van der Waals surface area contributed by atoms with Gasteiger partial charge in [0.15, 0.2) is 0 Å². The highest BCUT2D eigenvalue weighted by Gasteiger charge is 2.23. The quantitative estimate of drug-likeness (QED) is 0.670. The lowest BCUT2D eigenvalue weighted by molar-refractivity contribution is 0.284. The second-order valence-electron chi connectivity index (χ2n) is 3.61. The Morgan fingerprint density at radius 3 is 3.07 bits per heavy atom. The van der Waals surface area contributed by atoms with E-state index in [1.54, 1.807) is 6.07 Å². The van der Waals surface area contributed by atoms with Crippen molar-refractivity contribution in [1.82, 2.24) is 5.32 Å². The van der Waals surface area contributed by atoms with Crippen molar-refractivity contribution < 1.29 is 10.2 Å². The molecule has 1 atom stereocenters. The van der Waals surface area contributed by atoms with Crippen molar-refractivity contribution in [2.45, 2.75) is 18.9 Å². The molecule has 0 saturated heterocycles. The Hall–Kier alpha value is -1.06. The smallest absolute Gasteiger partial charge is 0.119 e. The molecule has 76 valence electrons. The number of rotatable bonds is 3. The molecule has 2 rings (SSSR count). The predicted molar refractivity (Wildman–Crippen MR) is 54.3 cm³/mol. The molecule has 0 heterocycles. The molecule has 1 aromatic carbocycles. The van der Waals surface area contributed by atoms with Gasteiger partial charge in [-0.3, -0.25) is 0 Å². The molecule has 0 bridgehead atoms. The van der Waals surface area contributed by atoms with Crippen LogP contribution in [0, 0.1) is 0 Å². The molecule has 3 nitrogen and oxygen atoms in total. The number of phenolic OH excluding ortho intramolecular Hbond substituents is 1. The van der Waals surface area contributed by atoms with Crippen LogP contribution in [0.15, 0.2) is 18.2 Å². The third-order valence-electron chi connectivity index (χ3n) is 2.75. The monoisotopic (exact) mass is 193 g/mol. The first-order chi connectivity index (χ1) is 6.83. The minimum atomic E-state index is 0.157. The molecule has 0 amide bonds. The summed E-state index contributed by atoms with van der Waals surface area (Å²) in [7, 11) is 0. The van der Waals surface area contributed by atoms with Crippen LogP contribution in [0.25, 0.3) is 0 Å². The maximum atomic E-state index is 9.60. The van der Waals surface area contributed by atoms with Gasteiger partial charge in [0.1, 0.15) is 5.75 Å². The van der Waals surface area contributed by atoms with Crippen molar-refractivity contribution >= 4 is 0 Å². The number of aliphatic hydroxyl groups is 1. The average Bonchev–Trinajstić information content (AvgIpc) is 2.60. The molecular formula is C11H15NO2. The lowest BCUT2D eigenvalue weighted by atomic mass is 10.1. The van der Waals surface area contributed by atoms with E-state index in [0.717, 1.165) is 18.4 Å². The molecule has 0 radical (unpaired) electrons. The van der Waals surface area contributed by atoms with Gasteiger partial charge in [-0.1, -0.05) is 12.1 Å². The molecule has 1 aliphatic carbocycles. The Kier molecular flexibility index (Phi) is 2.70. The highest BCUT2D eigenvalue weighted by molar-refractivity contribution is 5.44. The van der Waals surface area contributed by atoms with Gasteiger partial charge in [0.25, 0.3) is 0 Å². The second kappa shape index (κ2) is 3.98. The SMILES string of the molecule is OCCNC1CCc2c(O)cccc21. The first-order valence-corrected chi connectivity index (χ1v) is 4.98. The summed E-state index contributed by atoms with van der Waals surface area (Å²) < 4.78 is 0. The standard InChI is InChI=1S/C11H15NO2/c13-7-6-12-10-5-4-9-8(10)2-1-3-11(9)14/h1-3,10,12-14H,4-7H2.